The second kappa shape index (κ2) is 5.90. The molecule has 0 unspecified atom stereocenters. The zero-order chi connectivity index (χ0) is 15.7. The Hall–Kier alpha value is -2.18. The van der Waals surface area contributed by atoms with E-state index >= 15 is 0 Å². The molecule has 0 bridgehead atoms. The van der Waals surface area contributed by atoms with Gasteiger partial charge in [-0.1, -0.05) is 23.7 Å². The van der Waals surface area contributed by atoms with Crippen LogP contribution in [-0.2, 0) is 13.2 Å². The fourth-order valence-electron chi connectivity index (χ4n) is 2.29. The summed E-state index contributed by atoms with van der Waals surface area (Å²) in [6, 6.07) is 9.91. The van der Waals surface area contributed by atoms with Crippen molar-refractivity contribution in [2.24, 2.45) is 0 Å². The van der Waals surface area contributed by atoms with Gasteiger partial charge in [0, 0.05) is 23.3 Å². The van der Waals surface area contributed by atoms with Crippen molar-refractivity contribution in [3.63, 3.8) is 0 Å². The van der Waals surface area contributed by atoms with E-state index in [1.165, 1.54) is 15.1 Å². The van der Waals surface area contributed by atoms with Crippen molar-refractivity contribution in [1.82, 2.24) is 19.1 Å². The maximum absolute atomic E-state index is 13.8. The molecule has 0 aliphatic heterocycles. The van der Waals surface area contributed by atoms with Gasteiger partial charge < -0.3 is 0 Å². The number of benzene rings is 1. The Morgan fingerprint density at radius 3 is 2.82 bits per heavy atom. The first kappa shape index (κ1) is 14.7. The molecule has 0 N–H and O–H groups in total. The molecule has 0 spiro atoms. The van der Waals surface area contributed by atoms with Crippen LogP contribution in [0.1, 0.15) is 5.56 Å². The zero-order valence-electron chi connectivity index (χ0n) is 11.9. The third-order valence-electron chi connectivity index (χ3n) is 3.35. The van der Waals surface area contributed by atoms with Crippen LogP contribution >= 0.6 is 11.6 Å². The highest BCUT2D eigenvalue weighted by Gasteiger charge is 2.12. The van der Waals surface area contributed by atoms with Gasteiger partial charge in [0.05, 0.1) is 6.67 Å². The number of hydrogen-bond donors (Lipinski definition) is 0. The first-order chi connectivity index (χ1) is 10.6. The van der Waals surface area contributed by atoms with Gasteiger partial charge in [-0.25, -0.2) is 9.18 Å². The summed E-state index contributed by atoms with van der Waals surface area (Å²) in [7, 11) is 1.78. The normalized spacial score (nSPS) is 11.5. The van der Waals surface area contributed by atoms with Crippen LogP contribution in [0.25, 0.3) is 5.65 Å². The summed E-state index contributed by atoms with van der Waals surface area (Å²) in [5.74, 6) is -0.360. The highest BCUT2D eigenvalue weighted by atomic mass is 35.5. The van der Waals surface area contributed by atoms with E-state index in [1.54, 1.807) is 42.4 Å². The van der Waals surface area contributed by atoms with Crippen LogP contribution in [0, 0.1) is 5.82 Å². The lowest BCUT2D eigenvalue weighted by molar-refractivity contribution is 0.239. The molecule has 22 heavy (non-hydrogen) atoms. The first-order valence-electron chi connectivity index (χ1n) is 6.72. The second-order valence-electron chi connectivity index (χ2n) is 5.07. The summed E-state index contributed by atoms with van der Waals surface area (Å²) in [4.78, 5) is 14.0. The Bertz CT molecular complexity index is 853. The number of pyridine rings is 1. The van der Waals surface area contributed by atoms with Gasteiger partial charge in [-0.2, -0.15) is 4.68 Å². The minimum absolute atomic E-state index is 0.234. The molecule has 0 amide bonds. The summed E-state index contributed by atoms with van der Waals surface area (Å²) in [6.07, 6.45) is 1.66. The van der Waals surface area contributed by atoms with Gasteiger partial charge in [-0.15, -0.1) is 5.10 Å². The Balaban J connectivity index is 1.83. The molecule has 7 heteroatoms. The number of aromatic nitrogens is 3. The molecule has 0 fully saturated rings. The lowest BCUT2D eigenvalue weighted by atomic mass is 10.2. The van der Waals surface area contributed by atoms with E-state index in [-0.39, 0.29) is 24.7 Å². The van der Waals surface area contributed by atoms with E-state index in [4.69, 9.17) is 11.6 Å². The number of hydrogen-bond acceptors (Lipinski definition) is 3. The molecule has 0 radical (unpaired) electrons. The topological polar surface area (TPSA) is 42.5 Å². The smallest absolute Gasteiger partial charge is 0.283 e. The number of halogens is 2. The zero-order valence-corrected chi connectivity index (χ0v) is 12.7. The molecule has 0 aliphatic carbocycles. The molecular formula is C15H14ClFN4O. The number of fused-ring (bicyclic) bond motifs is 1. The summed E-state index contributed by atoms with van der Waals surface area (Å²) >= 11 is 6.02. The molecular weight excluding hydrogens is 307 g/mol. The van der Waals surface area contributed by atoms with Gasteiger partial charge in [-0.05, 0) is 31.3 Å². The van der Waals surface area contributed by atoms with Crippen molar-refractivity contribution in [2.45, 2.75) is 13.2 Å². The average Bonchev–Trinajstić information content (AvgIpc) is 2.80. The molecule has 2 aromatic heterocycles. The van der Waals surface area contributed by atoms with Crippen molar-refractivity contribution in [3.8, 4) is 0 Å². The predicted octanol–water partition coefficient (Wildman–Crippen LogP) is 2.38. The monoisotopic (exact) mass is 320 g/mol. The van der Waals surface area contributed by atoms with E-state index in [0.717, 1.165) is 0 Å². The van der Waals surface area contributed by atoms with Crippen LogP contribution in [0.4, 0.5) is 4.39 Å². The van der Waals surface area contributed by atoms with Crippen LogP contribution in [0.3, 0.4) is 0 Å². The standard InChI is InChI=1S/C15H14ClFN4O/c1-19(9-11-12(16)5-4-6-13(11)17)10-21-15(22)20-8-3-2-7-14(20)18-21/h2-8H,9-10H2,1H3. The van der Waals surface area contributed by atoms with Crippen LogP contribution < -0.4 is 5.69 Å². The second-order valence-corrected chi connectivity index (χ2v) is 5.47. The van der Waals surface area contributed by atoms with E-state index in [1.807, 2.05) is 6.07 Å². The van der Waals surface area contributed by atoms with E-state index < -0.39 is 0 Å². The summed E-state index contributed by atoms with van der Waals surface area (Å²) in [5, 5.41) is 4.61. The van der Waals surface area contributed by atoms with E-state index in [9.17, 15) is 9.18 Å². The molecule has 5 nitrogen and oxygen atoms in total. The molecule has 114 valence electrons. The molecule has 0 saturated carbocycles. The number of nitrogens with zero attached hydrogens (tertiary/aromatic N) is 4. The van der Waals surface area contributed by atoms with Gasteiger partial charge in [0.2, 0.25) is 0 Å². The Morgan fingerprint density at radius 1 is 1.27 bits per heavy atom. The van der Waals surface area contributed by atoms with Crippen molar-refractivity contribution < 1.29 is 4.39 Å². The molecule has 3 rings (SSSR count). The largest absolute Gasteiger partial charge is 0.351 e. The fraction of sp³-hybridized carbons (Fsp3) is 0.200. The molecule has 0 atom stereocenters. The highest BCUT2D eigenvalue weighted by molar-refractivity contribution is 6.31. The number of rotatable bonds is 4. The molecule has 3 aromatic rings. The molecule has 0 saturated heterocycles. The summed E-state index contributed by atoms with van der Waals surface area (Å²) in [5.41, 5.74) is 0.746. The first-order valence-corrected chi connectivity index (χ1v) is 7.09. The van der Waals surface area contributed by atoms with E-state index in [0.29, 0.717) is 16.2 Å². The van der Waals surface area contributed by atoms with E-state index in [2.05, 4.69) is 5.10 Å². The maximum atomic E-state index is 13.8. The van der Waals surface area contributed by atoms with Gasteiger partial charge in [0.1, 0.15) is 5.82 Å². The minimum Gasteiger partial charge on any atom is -0.283 e. The van der Waals surface area contributed by atoms with Crippen molar-refractivity contribution in [1.29, 1.82) is 0 Å². The van der Waals surface area contributed by atoms with Crippen molar-refractivity contribution >= 4 is 17.2 Å². The van der Waals surface area contributed by atoms with Gasteiger partial charge in [0.15, 0.2) is 5.65 Å². The van der Waals surface area contributed by atoms with Crippen LogP contribution in [-0.4, -0.2) is 26.1 Å². The van der Waals surface area contributed by atoms with Crippen molar-refractivity contribution in [2.75, 3.05) is 7.05 Å². The maximum Gasteiger partial charge on any atom is 0.351 e. The Kier molecular flexibility index (Phi) is 3.96. The summed E-state index contributed by atoms with van der Waals surface area (Å²) < 4.78 is 16.6. The lowest BCUT2D eigenvalue weighted by Gasteiger charge is -2.17. The van der Waals surface area contributed by atoms with Crippen LogP contribution in [0.5, 0.6) is 0 Å². The third-order valence-corrected chi connectivity index (χ3v) is 3.71. The molecule has 1 aromatic carbocycles. The van der Waals surface area contributed by atoms with Gasteiger partial charge >= 0.3 is 5.69 Å². The molecule has 0 aliphatic rings. The summed E-state index contributed by atoms with van der Waals surface area (Å²) in [6.45, 7) is 0.525. The van der Waals surface area contributed by atoms with Gasteiger partial charge in [0.25, 0.3) is 0 Å². The lowest BCUT2D eigenvalue weighted by Crippen LogP contribution is -2.30. The Labute approximate surface area is 131 Å². The van der Waals surface area contributed by atoms with Crippen LogP contribution in [0.2, 0.25) is 5.02 Å². The Morgan fingerprint density at radius 2 is 2.09 bits per heavy atom. The third kappa shape index (κ3) is 2.75. The van der Waals surface area contributed by atoms with Crippen molar-refractivity contribution in [3.05, 3.63) is 69.5 Å². The van der Waals surface area contributed by atoms with Crippen LogP contribution in [0.15, 0.2) is 47.4 Å². The fourth-order valence-corrected chi connectivity index (χ4v) is 2.51. The minimum atomic E-state index is -0.360. The molecule has 2 heterocycles. The highest BCUT2D eigenvalue weighted by Crippen LogP contribution is 2.20. The van der Waals surface area contributed by atoms with Gasteiger partial charge in [-0.3, -0.25) is 9.30 Å². The predicted molar refractivity (Wildman–Crippen MR) is 82.3 cm³/mol. The average molecular weight is 321 g/mol. The SMILES string of the molecule is CN(Cc1c(F)cccc1Cl)Cn1nc2ccccn2c1=O. The quantitative estimate of drug-likeness (QED) is 0.741.